The lowest BCUT2D eigenvalue weighted by atomic mass is 10.0. The summed E-state index contributed by atoms with van der Waals surface area (Å²) in [5.74, 6) is 0.657. The van der Waals surface area contributed by atoms with Crippen molar-refractivity contribution in [3.63, 3.8) is 0 Å². The summed E-state index contributed by atoms with van der Waals surface area (Å²) in [6.45, 7) is 9.48. The van der Waals surface area contributed by atoms with Crippen LogP contribution in [-0.4, -0.2) is 35.8 Å². The molecule has 25 heavy (non-hydrogen) atoms. The van der Waals surface area contributed by atoms with Crippen molar-refractivity contribution in [3.05, 3.63) is 30.0 Å². The van der Waals surface area contributed by atoms with E-state index >= 15 is 0 Å². The predicted molar refractivity (Wildman–Crippen MR) is 97.2 cm³/mol. The second kappa shape index (κ2) is 7.17. The molecular formula is C19H26N2O4. The highest BCUT2D eigenvalue weighted by atomic mass is 16.6. The maximum Gasteiger partial charge on any atom is 0.419 e. The van der Waals surface area contributed by atoms with E-state index in [2.05, 4.69) is 5.32 Å². The summed E-state index contributed by atoms with van der Waals surface area (Å²) in [5.41, 5.74) is 1.12. The summed E-state index contributed by atoms with van der Waals surface area (Å²) in [4.78, 5) is 23.8. The third kappa shape index (κ3) is 4.53. The minimum atomic E-state index is -0.581. The van der Waals surface area contributed by atoms with Crippen molar-refractivity contribution in [2.24, 2.45) is 0 Å². The second-order valence-electron chi connectivity index (χ2n) is 7.16. The Morgan fingerprint density at radius 3 is 2.52 bits per heavy atom. The summed E-state index contributed by atoms with van der Waals surface area (Å²) in [6.07, 6.45) is 1.35. The molecule has 1 unspecified atom stereocenters. The average molecular weight is 346 g/mol. The fourth-order valence-corrected chi connectivity index (χ4v) is 2.62. The van der Waals surface area contributed by atoms with Crippen molar-refractivity contribution >= 4 is 22.9 Å². The Morgan fingerprint density at radius 2 is 1.96 bits per heavy atom. The average Bonchev–Trinajstić information content (AvgIpc) is 2.89. The van der Waals surface area contributed by atoms with Gasteiger partial charge in [-0.2, -0.15) is 0 Å². The largest absolute Gasteiger partial charge is 0.497 e. The minimum Gasteiger partial charge on any atom is -0.497 e. The number of benzene rings is 1. The molecule has 0 aliphatic heterocycles. The molecule has 1 aromatic heterocycles. The van der Waals surface area contributed by atoms with Crippen LogP contribution in [0.5, 0.6) is 5.75 Å². The Hall–Kier alpha value is -2.50. The van der Waals surface area contributed by atoms with Crippen molar-refractivity contribution in [1.82, 2.24) is 9.88 Å². The van der Waals surface area contributed by atoms with Gasteiger partial charge in [-0.1, -0.05) is 6.92 Å². The number of carbonyl (C=O) groups is 2. The molecule has 0 aliphatic rings. The number of hydrogen-bond donors (Lipinski definition) is 1. The van der Waals surface area contributed by atoms with Gasteiger partial charge in [-0.25, -0.2) is 4.79 Å². The summed E-state index contributed by atoms with van der Waals surface area (Å²) in [7, 11) is 1.60. The fourth-order valence-electron chi connectivity index (χ4n) is 2.62. The lowest BCUT2D eigenvalue weighted by Gasteiger charge is -2.19. The third-order valence-electron chi connectivity index (χ3n) is 3.82. The molecule has 1 N–H and O–H groups in total. The highest BCUT2D eigenvalue weighted by Gasteiger charge is 2.22. The molecule has 6 heteroatoms. The smallest absolute Gasteiger partial charge is 0.419 e. The first-order valence-corrected chi connectivity index (χ1v) is 8.29. The number of hydrogen-bond acceptors (Lipinski definition) is 4. The summed E-state index contributed by atoms with van der Waals surface area (Å²) >= 11 is 0. The van der Waals surface area contributed by atoms with Crippen LogP contribution >= 0.6 is 0 Å². The Balaban J connectivity index is 2.49. The number of aromatic nitrogens is 1. The Labute approximate surface area is 148 Å². The molecule has 0 saturated carbocycles. The number of nitrogens with one attached hydrogen (secondary N) is 1. The zero-order valence-corrected chi connectivity index (χ0v) is 15.7. The summed E-state index contributed by atoms with van der Waals surface area (Å²) in [5, 5.41) is 3.72. The van der Waals surface area contributed by atoms with Crippen molar-refractivity contribution < 1.29 is 19.1 Å². The van der Waals surface area contributed by atoms with Crippen molar-refractivity contribution in [3.8, 4) is 5.75 Å². The van der Waals surface area contributed by atoms with E-state index in [1.807, 2.05) is 45.9 Å². The van der Waals surface area contributed by atoms with Crippen LogP contribution in [0.2, 0.25) is 0 Å². The number of methoxy groups -OCH3 is 1. The van der Waals surface area contributed by atoms with E-state index in [-0.39, 0.29) is 11.8 Å². The minimum absolute atomic E-state index is 0.0298. The van der Waals surface area contributed by atoms with Gasteiger partial charge in [0, 0.05) is 31.0 Å². The quantitative estimate of drug-likeness (QED) is 0.917. The van der Waals surface area contributed by atoms with E-state index in [4.69, 9.17) is 9.47 Å². The van der Waals surface area contributed by atoms with E-state index in [0.29, 0.717) is 12.3 Å². The lowest BCUT2D eigenvalue weighted by molar-refractivity contribution is -0.119. The molecule has 0 radical (unpaired) electrons. The SMILES string of the molecule is COc1ccc2c(c1)c(C(C)CNC(C)=O)cn2C(=O)OC(C)(C)C. The first-order valence-electron chi connectivity index (χ1n) is 8.29. The zero-order chi connectivity index (χ0) is 18.8. The molecule has 6 nitrogen and oxygen atoms in total. The molecule has 0 fully saturated rings. The number of amides is 1. The van der Waals surface area contributed by atoms with Gasteiger partial charge in [0.25, 0.3) is 0 Å². The van der Waals surface area contributed by atoms with Gasteiger partial charge in [0.15, 0.2) is 0 Å². The van der Waals surface area contributed by atoms with Gasteiger partial charge in [-0.3, -0.25) is 9.36 Å². The van der Waals surface area contributed by atoms with Gasteiger partial charge in [-0.15, -0.1) is 0 Å². The van der Waals surface area contributed by atoms with Gasteiger partial charge >= 0.3 is 6.09 Å². The number of ether oxygens (including phenoxy) is 2. The Kier molecular flexibility index (Phi) is 5.40. The van der Waals surface area contributed by atoms with Crippen molar-refractivity contribution in [2.75, 3.05) is 13.7 Å². The van der Waals surface area contributed by atoms with Crippen LogP contribution in [0.15, 0.2) is 24.4 Å². The molecule has 1 atom stereocenters. The molecule has 0 aliphatic carbocycles. The molecule has 1 aromatic carbocycles. The summed E-state index contributed by atoms with van der Waals surface area (Å²) in [6, 6.07) is 5.55. The highest BCUT2D eigenvalue weighted by Crippen LogP contribution is 2.31. The Morgan fingerprint density at radius 1 is 1.28 bits per heavy atom. The molecule has 2 aromatic rings. The number of nitrogens with zero attached hydrogens (tertiary/aromatic N) is 1. The van der Waals surface area contributed by atoms with E-state index in [1.54, 1.807) is 13.3 Å². The van der Waals surface area contributed by atoms with Gasteiger partial charge in [0.05, 0.1) is 12.6 Å². The second-order valence-corrected chi connectivity index (χ2v) is 7.16. The maximum atomic E-state index is 12.6. The van der Waals surface area contributed by atoms with Crippen LogP contribution in [0, 0.1) is 0 Å². The van der Waals surface area contributed by atoms with Crippen LogP contribution in [0.3, 0.4) is 0 Å². The van der Waals surface area contributed by atoms with Crippen molar-refractivity contribution in [2.45, 2.75) is 46.1 Å². The van der Waals surface area contributed by atoms with Crippen LogP contribution in [-0.2, 0) is 9.53 Å². The van der Waals surface area contributed by atoms with E-state index in [9.17, 15) is 9.59 Å². The predicted octanol–water partition coefficient (Wildman–Crippen LogP) is 3.67. The highest BCUT2D eigenvalue weighted by molar-refractivity contribution is 5.93. The molecule has 1 amide bonds. The number of fused-ring (bicyclic) bond motifs is 1. The lowest BCUT2D eigenvalue weighted by Crippen LogP contribution is -2.27. The molecule has 0 bridgehead atoms. The van der Waals surface area contributed by atoms with E-state index < -0.39 is 11.7 Å². The molecular weight excluding hydrogens is 320 g/mol. The van der Waals surface area contributed by atoms with E-state index in [1.165, 1.54) is 11.5 Å². The Bertz CT molecular complexity index is 787. The van der Waals surface area contributed by atoms with Crippen LogP contribution < -0.4 is 10.1 Å². The van der Waals surface area contributed by atoms with Crippen LogP contribution in [0.4, 0.5) is 4.79 Å². The molecule has 2 rings (SSSR count). The molecule has 1 heterocycles. The fraction of sp³-hybridized carbons (Fsp3) is 0.474. The molecule has 0 saturated heterocycles. The van der Waals surface area contributed by atoms with Crippen molar-refractivity contribution in [1.29, 1.82) is 0 Å². The van der Waals surface area contributed by atoms with Crippen LogP contribution in [0.25, 0.3) is 10.9 Å². The number of rotatable bonds is 4. The molecule has 0 spiro atoms. The first kappa shape index (κ1) is 18.8. The first-order chi connectivity index (χ1) is 11.6. The van der Waals surface area contributed by atoms with Crippen LogP contribution in [0.1, 0.15) is 46.1 Å². The maximum absolute atomic E-state index is 12.6. The van der Waals surface area contributed by atoms with Gasteiger partial charge < -0.3 is 14.8 Å². The van der Waals surface area contributed by atoms with Gasteiger partial charge in [0.2, 0.25) is 5.91 Å². The standard InChI is InChI=1S/C19H26N2O4/c1-12(10-20-13(2)22)16-11-21(18(23)25-19(3,4)5)17-8-7-14(24-6)9-15(16)17/h7-9,11-12H,10H2,1-6H3,(H,20,22). The zero-order valence-electron chi connectivity index (χ0n) is 15.7. The monoisotopic (exact) mass is 346 g/mol. The molecule has 136 valence electrons. The third-order valence-corrected chi connectivity index (χ3v) is 3.82. The van der Waals surface area contributed by atoms with E-state index in [0.717, 1.165) is 16.5 Å². The normalized spacial score (nSPS) is 12.7. The summed E-state index contributed by atoms with van der Waals surface area (Å²) < 4.78 is 12.3. The number of carbonyl (C=O) groups excluding carboxylic acids is 2. The van der Waals surface area contributed by atoms with Gasteiger partial charge in [-0.05, 0) is 44.5 Å². The van der Waals surface area contributed by atoms with Gasteiger partial charge in [0.1, 0.15) is 11.4 Å². The topological polar surface area (TPSA) is 69.6 Å².